The van der Waals surface area contributed by atoms with Gasteiger partial charge in [-0.3, -0.25) is 0 Å². The lowest BCUT2D eigenvalue weighted by Gasteiger charge is -2.10. The number of aryl methyl sites for hydroxylation is 1. The van der Waals surface area contributed by atoms with Gasteiger partial charge in [-0.05, 0) is 24.6 Å². The number of aromatic hydroxyl groups is 2. The number of phenols is 2. The maximum atomic E-state index is 10.5. The highest BCUT2D eigenvalue weighted by Gasteiger charge is 2.12. The van der Waals surface area contributed by atoms with Gasteiger partial charge < -0.3 is 14.8 Å². The minimum Gasteiger partial charge on any atom is -0.744 e. The smallest absolute Gasteiger partial charge is 0.175 e. The molecule has 0 aliphatic carbocycles. The molecule has 0 spiro atoms. The zero-order valence-corrected chi connectivity index (χ0v) is 7.50. The summed E-state index contributed by atoms with van der Waals surface area (Å²) >= 11 is 0. The first kappa shape index (κ1) is 9.82. The second kappa shape index (κ2) is 2.90. The molecule has 0 atom stereocenters. The molecule has 6 heteroatoms. The van der Waals surface area contributed by atoms with E-state index in [1.807, 2.05) is 0 Å². The summed E-state index contributed by atoms with van der Waals surface area (Å²) in [5.74, 6) is -1.52. The lowest BCUT2D eigenvalue weighted by molar-refractivity contribution is 0.387. The number of benzene rings is 1. The van der Waals surface area contributed by atoms with Crippen molar-refractivity contribution in [2.24, 2.45) is 0 Å². The van der Waals surface area contributed by atoms with Crippen LogP contribution in [0.2, 0.25) is 0 Å². The van der Waals surface area contributed by atoms with Crippen LogP contribution in [0.25, 0.3) is 0 Å². The van der Waals surface area contributed by atoms with Crippen LogP contribution < -0.4 is 0 Å². The Bertz CT molecular complexity index is 434. The largest absolute Gasteiger partial charge is 0.744 e. The summed E-state index contributed by atoms with van der Waals surface area (Å²) < 4.78 is 31.6. The molecule has 5 nitrogen and oxygen atoms in total. The van der Waals surface area contributed by atoms with Crippen LogP contribution in [0, 0.1) is 6.92 Å². The summed E-state index contributed by atoms with van der Waals surface area (Å²) in [6.07, 6.45) is 0. The molecular formula is C7H7O5S-. The number of phenolic OH excluding ortho intramolecular Hbond substituents is 2. The lowest BCUT2D eigenvalue weighted by atomic mass is 10.2. The molecule has 0 unspecified atom stereocenters. The number of hydrogen-bond acceptors (Lipinski definition) is 5. The summed E-state index contributed by atoms with van der Waals surface area (Å²) in [6.45, 7) is 1.49. The molecule has 1 aromatic carbocycles. The Labute approximate surface area is 75.0 Å². The van der Waals surface area contributed by atoms with E-state index in [2.05, 4.69) is 0 Å². The van der Waals surface area contributed by atoms with Gasteiger partial charge in [-0.2, -0.15) is 0 Å². The molecule has 13 heavy (non-hydrogen) atoms. The normalized spacial score (nSPS) is 11.5. The first-order valence-electron chi connectivity index (χ1n) is 3.31. The van der Waals surface area contributed by atoms with Crippen molar-refractivity contribution in [2.75, 3.05) is 0 Å². The average molecular weight is 203 g/mol. The summed E-state index contributed by atoms with van der Waals surface area (Å²) in [7, 11) is -4.74. The second-order valence-corrected chi connectivity index (χ2v) is 3.93. The van der Waals surface area contributed by atoms with Gasteiger partial charge in [0.2, 0.25) is 0 Å². The second-order valence-electron chi connectivity index (χ2n) is 2.58. The first-order chi connectivity index (χ1) is 5.82. The fourth-order valence-electron chi connectivity index (χ4n) is 0.918. The molecule has 1 aromatic rings. The van der Waals surface area contributed by atoms with E-state index in [0.717, 1.165) is 12.1 Å². The van der Waals surface area contributed by atoms with Gasteiger partial charge in [0, 0.05) is 0 Å². The Morgan fingerprint density at radius 2 is 1.85 bits per heavy atom. The van der Waals surface area contributed by atoms with Crippen molar-refractivity contribution in [3.8, 4) is 11.5 Å². The zero-order valence-electron chi connectivity index (χ0n) is 6.68. The molecule has 0 amide bonds. The topological polar surface area (TPSA) is 97.7 Å². The summed E-state index contributed by atoms with van der Waals surface area (Å²) in [4.78, 5) is -0.801. The van der Waals surface area contributed by atoms with Crippen LogP contribution in [-0.4, -0.2) is 23.2 Å². The fraction of sp³-hybridized carbons (Fsp3) is 0.143. The van der Waals surface area contributed by atoms with E-state index < -0.39 is 26.5 Å². The first-order valence-corrected chi connectivity index (χ1v) is 4.71. The maximum absolute atomic E-state index is 10.5. The van der Waals surface area contributed by atoms with E-state index in [9.17, 15) is 13.0 Å². The SMILES string of the molecule is Cc1cc(O)c(O)c(S(=O)(=O)[O-])c1. The molecule has 0 fully saturated rings. The fourth-order valence-corrected chi connectivity index (χ4v) is 1.59. The van der Waals surface area contributed by atoms with Crippen LogP contribution >= 0.6 is 0 Å². The van der Waals surface area contributed by atoms with E-state index in [1.165, 1.54) is 6.92 Å². The minimum absolute atomic E-state index is 0.379. The molecule has 72 valence electrons. The van der Waals surface area contributed by atoms with Crippen molar-refractivity contribution < 1.29 is 23.2 Å². The Morgan fingerprint density at radius 1 is 1.31 bits per heavy atom. The molecule has 2 N–H and O–H groups in total. The van der Waals surface area contributed by atoms with Crippen molar-refractivity contribution in [1.29, 1.82) is 0 Å². The lowest BCUT2D eigenvalue weighted by Crippen LogP contribution is -1.99. The van der Waals surface area contributed by atoms with Crippen LogP contribution in [0.1, 0.15) is 5.56 Å². The van der Waals surface area contributed by atoms with Crippen LogP contribution in [0.15, 0.2) is 17.0 Å². The summed E-state index contributed by atoms with van der Waals surface area (Å²) in [6, 6.07) is 2.15. The van der Waals surface area contributed by atoms with E-state index in [-0.39, 0.29) is 0 Å². The summed E-state index contributed by atoms with van der Waals surface area (Å²) in [5.41, 5.74) is 0.379. The van der Waals surface area contributed by atoms with Crippen LogP contribution in [-0.2, 0) is 10.1 Å². The van der Waals surface area contributed by atoms with Gasteiger partial charge in [0.1, 0.15) is 15.0 Å². The van der Waals surface area contributed by atoms with Crippen molar-refractivity contribution in [2.45, 2.75) is 11.8 Å². The molecule has 0 aliphatic rings. The number of rotatable bonds is 1. The molecule has 0 aromatic heterocycles. The quantitative estimate of drug-likeness (QED) is 0.505. The van der Waals surface area contributed by atoms with Crippen molar-refractivity contribution >= 4 is 10.1 Å². The minimum atomic E-state index is -4.74. The van der Waals surface area contributed by atoms with E-state index in [0.29, 0.717) is 5.56 Å². The van der Waals surface area contributed by atoms with Crippen LogP contribution in [0.4, 0.5) is 0 Å². The number of hydrogen-bond donors (Lipinski definition) is 2. The Balaban J connectivity index is 3.56. The molecule has 0 bridgehead atoms. The zero-order chi connectivity index (χ0) is 10.2. The molecule has 0 radical (unpaired) electrons. The summed E-state index contributed by atoms with van der Waals surface area (Å²) in [5, 5.41) is 18.0. The van der Waals surface area contributed by atoms with Crippen LogP contribution in [0.3, 0.4) is 0 Å². The molecule has 0 saturated heterocycles. The Morgan fingerprint density at radius 3 is 2.31 bits per heavy atom. The molecule has 0 aliphatic heterocycles. The van der Waals surface area contributed by atoms with Crippen molar-refractivity contribution in [3.63, 3.8) is 0 Å². The van der Waals surface area contributed by atoms with Gasteiger partial charge in [0.05, 0.1) is 0 Å². The Hall–Kier alpha value is -1.27. The van der Waals surface area contributed by atoms with Gasteiger partial charge in [0.25, 0.3) is 0 Å². The maximum Gasteiger partial charge on any atom is 0.175 e. The third-order valence-electron chi connectivity index (χ3n) is 1.47. The van der Waals surface area contributed by atoms with E-state index in [4.69, 9.17) is 10.2 Å². The van der Waals surface area contributed by atoms with Crippen LogP contribution in [0.5, 0.6) is 11.5 Å². The standard InChI is InChI=1S/C7H8O5S/c1-4-2-5(8)7(9)6(3-4)13(10,11)12/h2-3,8-9H,1H3,(H,10,11,12)/p-1. The predicted molar refractivity (Wildman–Crippen MR) is 42.5 cm³/mol. The highest BCUT2D eigenvalue weighted by Crippen LogP contribution is 2.32. The highest BCUT2D eigenvalue weighted by molar-refractivity contribution is 7.85. The Kier molecular flexibility index (Phi) is 2.19. The highest BCUT2D eigenvalue weighted by atomic mass is 32.2. The van der Waals surface area contributed by atoms with E-state index >= 15 is 0 Å². The molecule has 0 heterocycles. The van der Waals surface area contributed by atoms with Crippen molar-refractivity contribution in [1.82, 2.24) is 0 Å². The van der Waals surface area contributed by atoms with Gasteiger partial charge in [0.15, 0.2) is 11.5 Å². The van der Waals surface area contributed by atoms with Gasteiger partial charge >= 0.3 is 0 Å². The average Bonchev–Trinajstić information content (AvgIpc) is 1.94. The van der Waals surface area contributed by atoms with Gasteiger partial charge in [-0.25, -0.2) is 8.42 Å². The molecule has 1 rings (SSSR count). The predicted octanol–water partition coefficient (Wildman–Crippen LogP) is 0.310. The van der Waals surface area contributed by atoms with Gasteiger partial charge in [-0.1, -0.05) is 0 Å². The monoisotopic (exact) mass is 203 g/mol. The van der Waals surface area contributed by atoms with Crippen molar-refractivity contribution in [3.05, 3.63) is 17.7 Å². The van der Waals surface area contributed by atoms with E-state index in [1.54, 1.807) is 0 Å². The molecule has 0 saturated carbocycles. The third-order valence-corrected chi connectivity index (χ3v) is 2.32. The third kappa shape index (κ3) is 1.90. The van der Waals surface area contributed by atoms with Gasteiger partial charge in [-0.15, -0.1) is 0 Å². The molecular weight excluding hydrogens is 196 g/mol.